The number of nitrogens with one attached hydrogen (secondary N) is 1. The predicted molar refractivity (Wildman–Crippen MR) is 82.6 cm³/mol. The molecule has 2 unspecified atom stereocenters. The van der Waals surface area contributed by atoms with Crippen LogP contribution in [0.3, 0.4) is 0 Å². The lowest BCUT2D eigenvalue weighted by molar-refractivity contribution is 0.150. The number of rotatable bonds is 5. The zero-order valence-corrected chi connectivity index (χ0v) is 12.7. The predicted octanol–water partition coefficient (Wildman–Crippen LogP) is 2.86. The fourth-order valence-corrected chi connectivity index (χ4v) is 3.17. The van der Waals surface area contributed by atoms with Crippen LogP contribution in [0.25, 0.3) is 0 Å². The summed E-state index contributed by atoms with van der Waals surface area (Å²) >= 11 is 0. The maximum absolute atomic E-state index is 3.61. The van der Waals surface area contributed by atoms with Crippen LogP contribution in [0.15, 0.2) is 24.3 Å². The molecule has 1 aliphatic rings. The Hall–Kier alpha value is -0.860. The van der Waals surface area contributed by atoms with Crippen molar-refractivity contribution in [1.82, 2.24) is 10.2 Å². The van der Waals surface area contributed by atoms with Crippen molar-refractivity contribution in [2.45, 2.75) is 39.7 Å². The van der Waals surface area contributed by atoms with Gasteiger partial charge in [0.15, 0.2) is 0 Å². The van der Waals surface area contributed by atoms with E-state index in [4.69, 9.17) is 0 Å². The van der Waals surface area contributed by atoms with E-state index in [9.17, 15) is 0 Å². The van der Waals surface area contributed by atoms with E-state index in [2.05, 4.69) is 55.3 Å². The SMILES string of the molecule is CCNC1CCN(CCc2ccccc2C)CC1C. The van der Waals surface area contributed by atoms with Gasteiger partial charge in [-0.05, 0) is 49.9 Å². The Morgan fingerprint density at radius 2 is 2.11 bits per heavy atom. The van der Waals surface area contributed by atoms with Gasteiger partial charge in [0.1, 0.15) is 0 Å². The second-order valence-electron chi connectivity index (χ2n) is 5.91. The molecule has 1 aliphatic heterocycles. The van der Waals surface area contributed by atoms with Gasteiger partial charge >= 0.3 is 0 Å². The quantitative estimate of drug-likeness (QED) is 0.876. The highest BCUT2D eigenvalue weighted by Gasteiger charge is 2.24. The van der Waals surface area contributed by atoms with Crippen molar-refractivity contribution in [3.05, 3.63) is 35.4 Å². The normalized spacial score (nSPS) is 24.6. The smallest absolute Gasteiger partial charge is 0.0117 e. The van der Waals surface area contributed by atoms with Crippen molar-refractivity contribution in [2.24, 2.45) is 5.92 Å². The average Bonchev–Trinajstić information content (AvgIpc) is 2.41. The monoisotopic (exact) mass is 260 g/mol. The van der Waals surface area contributed by atoms with Gasteiger partial charge in [0.2, 0.25) is 0 Å². The van der Waals surface area contributed by atoms with E-state index in [1.165, 1.54) is 43.6 Å². The van der Waals surface area contributed by atoms with Crippen LogP contribution in [0.2, 0.25) is 0 Å². The van der Waals surface area contributed by atoms with Gasteiger partial charge in [0, 0.05) is 19.1 Å². The van der Waals surface area contributed by atoms with Gasteiger partial charge in [0.25, 0.3) is 0 Å². The first-order valence-corrected chi connectivity index (χ1v) is 7.71. The molecule has 1 fully saturated rings. The Bertz CT molecular complexity index is 389. The minimum Gasteiger partial charge on any atom is -0.314 e. The lowest BCUT2D eigenvalue weighted by Gasteiger charge is -2.37. The van der Waals surface area contributed by atoms with Gasteiger partial charge < -0.3 is 10.2 Å². The summed E-state index contributed by atoms with van der Waals surface area (Å²) in [4.78, 5) is 2.63. The van der Waals surface area contributed by atoms with Crippen molar-refractivity contribution in [3.8, 4) is 0 Å². The number of piperidine rings is 1. The Morgan fingerprint density at radius 3 is 2.79 bits per heavy atom. The fourth-order valence-electron chi connectivity index (χ4n) is 3.17. The highest BCUT2D eigenvalue weighted by atomic mass is 15.1. The Kier molecular flexibility index (Phi) is 5.41. The molecule has 0 aliphatic carbocycles. The van der Waals surface area contributed by atoms with Gasteiger partial charge in [-0.3, -0.25) is 0 Å². The van der Waals surface area contributed by atoms with Gasteiger partial charge in [0.05, 0.1) is 0 Å². The van der Waals surface area contributed by atoms with Gasteiger partial charge in [-0.15, -0.1) is 0 Å². The van der Waals surface area contributed by atoms with Crippen LogP contribution >= 0.6 is 0 Å². The Labute approximate surface area is 118 Å². The first kappa shape index (κ1) is 14.5. The largest absolute Gasteiger partial charge is 0.314 e. The summed E-state index contributed by atoms with van der Waals surface area (Å²) in [6.07, 6.45) is 2.48. The standard InChI is InChI=1S/C17H28N2/c1-4-18-17-10-12-19(13-15(17)3)11-9-16-8-6-5-7-14(16)2/h5-8,15,17-18H,4,9-13H2,1-3H3. The van der Waals surface area contributed by atoms with Crippen LogP contribution in [0.5, 0.6) is 0 Å². The summed E-state index contributed by atoms with van der Waals surface area (Å²) < 4.78 is 0. The second-order valence-corrected chi connectivity index (χ2v) is 5.91. The minimum atomic E-state index is 0.722. The first-order valence-electron chi connectivity index (χ1n) is 7.71. The van der Waals surface area contributed by atoms with E-state index in [0.29, 0.717) is 0 Å². The molecule has 1 saturated heterocycles. The molecule has 2 nitrogen and oxygen atoms in total. The van der Waals surface area contributed by atoms with Crippen LogP contribution in [-0.2, 0) is 6.42 Å². The van der Waals surface area contributed by atoms with Gasteiger partial charge in [-0.2, -0.15) is 0 Å². The molecule has 0 radical (unpaired) electrons. The second kappa shape index (κ2) is 7.06. The number of likely N-dealkylation sites (tertiary alicyclic amines) is 1. The Balaban J connectivity index is 1.81. The summed E-state index contributed by atoms with van der Waals surface area (Å²) in [6, 6.07) is 9.49. The fraction of sp³-hybridized carbons (Fsp3) is 0.647. The van der Waals surface area contributed by atoms with E-state index < -0.39 is 0 Å². The maximum Gasteiger partial charge on any atom is 0.0117 e. The average molecular weight is 260 g/mol. The molecule has 2 heteroatoms. The molecule has 0 aromatic heterocycles. The topological polar surface area (TPSA) is 15.3 Å². The van der Waals surface area contributed by atoms with Crippen LogP contribution in [0.1, 0.15) is 31.4 Å². The molecule has 106 valence electrons. The van der Waals surface area contributed by atoms with E-state index in [1.54, 1.807) is 0 Å². The number of hydrogen-bond donors (Lipinski definition) is 1. The van der Waals surface area contributed by atoms with E-state index in [0.717, 1.165) is 18.5 Å². The molecular weight excluding hydrogens is 232 g/mol. The molecule has 0 saturated carbocycles. The first-order chi connectivity index (χ1) is 9.20. The van der Waals surface area contributed by atoms with Crippen molar-refractivity contribution in [3.63, 3.8) is 0 Å². The molecule has 0 amide bonds. The maximum atomic E-state index is 3.61. The molecule has 2 rings (SSSR count). The minimum absolute atomic E-state index is 0.722. The molecular formula is C17H28N2. The summed E-state index contributed by atoms with van der Waals surface area (Å²) in [5.74, 6) is 0.769. The summed E-state index contributed by atoms with van der Waals surface area (Å²) in [7, 11) is 0. The van der Waals surface area contributed by atoms with Crippen LogP contribution < -0.4 is 5.32 Å². The lowest BCUT2D eigenvalue weighted by Crippen LogP contribution is -2.48. The number of hydrogen-bond acceptors (Lipinski definition) is 2. The molecule has 1 N–H and O–H groups in total. The third-order valence-corrected chi connectivity index (χ3v) is 4.41. The number of aryl methyl sites for hydroxylation is 1. The van der Waals surface area contributed by atoms with Crippen LogP contribution in [0, 0.1) is 12.8 Å². The molecule has 1 heterocycles. The third kappa shape index (κ3) is 4.05. The Morgan fingerprint density at radius 1 is 1.32 bits per heavy atom. The molecule has 2 atom stereocenters. The zero-order valence-electron chi connectivity index (χ0n) is 12.7. The van der Waals surface area contributed by atoms with Crippen molar-refractivity contribution in [2.75, 3.05) is 26.2 Å². The molecule has 19 heavy (non-hydrogen) atoms. The number of benzene rings is 1. The van der Waals surface area contributed by atoms with E-state index in [-0.39, 0.29) is 0 Å². The molecule has 0 spiro atoms. The van der Waals surface area contributed by atoms with Crippen molar-refractivity contribution < 1.29 is 0 Å². The summed E-state index contributed by atoms with van der Waals surface area (Å²) in [6.45, 7) is 11.6. The van der Waals surface area contributed by atoms with Gasteiger partial charge in [-0.25, -0.2) is 0 Å². The van der Waals surface area contributed by atoms with Crippen molar-refractivity contribution in [1.29, 1.82) is 0 Å². The van der Waals surface area contributed by atoms with Crippen molar-refractivity contribution >= 4 is 0 Å². The highest BCUT2D eigenvalue weighted by Crippen LogP contribution is 2.17. The zero-order chi connectivity index (χ0) is 13.7. The van der Waals surface area contributed by atoms with E-state index in [1.807, 2.05) is 0 Å². The van der Waals surface area contributed by atoms with Crippen LogP contribution in [0.4, 0.5) is 0 Å². The number of nitrogens with zero attached hydrogens (tertiary/aromatic N) is 1. The summed E-state index contributed by atoms with van der Waals surface area (Å²) in [5.41, 5.74) is 2.93. The third-order valence-electron chi connectivity index (χ3n) is 4.41. The van der Waals surface area contributed by atoms with Crippen LogP contribution in [-0.4, -0.2) is 37.1 Å². The lowest BCUT2D eigenvalue weighted by atomic mass is 9.93. The van der Waals surface area contributed by atoms with Gasteiger partial charge in [-0.1, -0.05) is 38.1 Å². The highest BCUT2D eigenvalue weighted by molar-refractivity contribution is 5.25. The summed E-state index contributed by atoms with van der Waals surface area (Å²) in [5, 5.41) is 3.61. The molecule has 0 bridgehead atoms. The van der Waals surface area contributed by atoms with E-state index >= 15 is 0 Å². The molecule has 1 aromatic rings. The molecule has 1 aromatic carbocycles.